The molecule has 0 unspecified atom stereocenters. The van der Waals surface area contributed by atoms with Crippen LogP contribution in [-0.2, 0) is 22.3 Å². The van der Waals surface area contributed by atoms with Gasteiger partial charge in [0, 0.05) is 45.4 Å². The summed E-state index contributed by atoms with van der Waals surface area (Å²) in [5.74, 6) is -2.04. The van der Waals surface area contributed by atoms with Gasteiger partial charge in [-0.15, -0.1) is 0 Å². The van der Waals surface area contributed by atoms with Crippen molar-refractivity contribution < 1.29 is 31.9 Å². The van der Waals surface area contributed by atoms with E-state index in [1.54, 1.807) is 31.3 Å². The van der Waals surface area contributed by atoms with Crippen LogP contribution in [0.3, 0.4) is 0 Å². The maximum Gasteiger partial charge on any atom is 0.418 e. The third-order valence-corrected chi connectivity index (χ3v) is 6.43. The van der Waals surface area contributed by atoms with Gasteiger partial charge in [0.05, 0.1) is 29.6 Å². The summed E-state index contributed by atoms with van der Waals surface area (Å²) in [5, 5.41) is 8.47. The Labute approximate surface area is 220 Å². The van der Waals surface area contributed by atoms with E-state index in [1.807, 2.05) is 0 Å². The second-order valence-electron chi connectivity index (χ2n) is 9.22. The second kappa shape index (κ2) is 10.8. The van der Waals surface area contributed by atoms with E-state index in [9.17, 15) is 31.9 Å². The second-order valence-corrected chi connectivity index (χ2v) is 9.22. The molecule has 2 N–H and O–H groups in total. The van der Waals surface area contributed by atoms with Crippen molar-refractivity contribution in [1.82, 2.24) is 20.4 Å². The normalized spacial score (nSPS) is 17.1. The number of hydrogen-bond acceptors (Lipinski definition) is 6. The SMILES string of the molecule is CN(Cc1ccc(N(C)c2ccc(F)cc2C(F)(F)F)cc1)C(=O)[C@]1(NC(=O)c2cn[nH]c(=O)c2)CCOC1. The van der Waals surface area contributed by atoms with E-state index in [1.165, 1.54) is 23.0 Å². The molecule has 0 bridgehead atoms. The number of aromatic nitrogens is 2. The standard InChI is InChI=1S/C26H25F4N5O4/c1-34(24(38)25(9-10-39-15-25)32-23(37)17-11-22(36)33-31-13-17)14-16-3-6-19(7-4-16)35(2)21-8-5-18(27)12-20(21)26(28,29)30/h3-8,11-13H,9-10,14-15H2,1-2H3,(H,32,37)(H,33,36)/t25-/m0/s1. The lowest BCUT2D eigenvalue weighted by Gasteiger charge is -2.32. The molecule has 0 radical (unpaired) electrons. The topological polar surface area (TPSA) is 108 Å². The summed E-state index contributed by atoms with van der Waals surface area (Å²) >= 11 is 0. The molecule has 2 heterocycles. The molecule has 2 amide bonds. The highest BCUT2D eigenvalue weighted by molar-refractivity contribution is 5.99. The third kappa shape index (κ3) is 6.08. The average molecular weight is 548 g/mol. The number of hydrogen-bond donors (Lipinski definition) is 2. The van der Waals surface area contributed by atoms with Gasteiger partial charge in [0.1, 0.15) is 11.4 Å². The number of aromatic amines is 1. The summed E-state index contributed by atoms with van der Waals surface area (Å²) in [6, 6.07) is 10.0. The number of nitrogens with zero attached hydrogens (tertiary/aromatic N) is 3. The smallest absolute Gasteiger partial charge is 0.378 e. The van der Waals surface area contributed by atoms with Crippen LogP contribution < -0.4 is 15.8 Å². The van der Waals surface area contributed by atoms with Gasteiger partial charge in [-0.3, -0.25) is 14.4 Å². The zero-order valence-electron chi connectivity index (χ0n) is 21.0. The Morgan fingerprint density at radius 2 is 1.85 bits per heavy atom. The number of halogens is 4. The van der Waals surface area contributed by atoms with E-state index in [2.05, 4.69) is 15.5 Å². The van der Waals surface area contributed by atoms with Crippen molar-refractivity contribution in [3.05, 3.63) is 87.6 Å². The fraction of sp³-hybridized carbons (Fsp3) is 0.308. The highest BCUT2D eigenvalue weighted by Crippen LogP contribution is 2.39. The lowest BCUT2D eigenvalue weighted by molar-refractivity contribution is -0.138. The van der Waals surface area contributed by atoms with Crippen LogP contribution in [0.5, 0.6) is 0 Å². The Morgan fingerprint density at radius 1 is 1.13 bits per heavy atom. The van der Waals surface area contributed by atoms with Gasteiger partial charge < -0.3 is 19.9 Å². The molecule has 0 spiro atoms. The summed E-state index contributed by atoms with van der Waals surface area (Å²) in [6.07, 6.45) is -3.34. The van der Waals surface area contributed by atoms with Gasteiger partial charge in [-0.05, 0) is 35.9 Å². The van der Waals surface area contributed by atoms with E-state index in [-0.39, 0.29) is 37.4 Å². The number of carbonyl (C=O) groups is 2. The Bertz CT molecular complexity index is 1420. The van der Waals surface area contributed by atoms with Crippen LogP contribution in [0.25, 0.3) is 0 Å². The Balaban J connectivity index is 1.48. The number of nitrogens with one attached hydrogen (secondary N) is 2. The van der Waals surface area contributed by atoms with Gasteiger partial charge in [0.25, 0.3) is 17.4 Å². The Morgan fingerprint density at radius 3 is 2.46 bits per heavy atom. The number of likely N-dealkylation sites (N-methyl/N-ethyl adjacent to an activating group) is 1. The van der Waals surface area contributed by atoms with Crippen LogP contribution >= 0.6 is 0 Å². The number of amides is 2. The molecule has 1 aromatic heterocycles. The number of rotatable bonds is 7. The van der Waals surface area contributed by atoms with Crippen molar-refractivity contribution >= 4 is 23.2 Å². The zero-order valence-corrected chi connectivity index (χ0v) is 21.0. The number of anilines is 2. The molecule has 39 heavy (non-hydrogen) atoms. The maximum absolute atomic E-state index is 13.5. The van der Waals surface area contributed by atoms with Crippen molar-refractivity contribution in [3.63, 3.8) is 0 Å². The predicted molar refractivity (Wildman–Crippen MR) is 133 cm³/mol. The molecule has 206 valence electrons. The van der Waals surface area contributed by atoms with Crippen molar-refractivity contribution in [2.75, 3.05) is 32.2 Å². The minimum atomic E-state index is -4.74. The first-order valence-electron chi connectivity index (χ1n) is 11.8. The molecule has 2 aromatic carbocycles. The molecule has 4 rings (SSSR count). The number of H-pyrrole nitrogens is 1. The largest absolute Gasteiger partial charge is 0.418 e. The van der Waals surface area contributed by atoms with Crippen LogP contribution in [0.2, 0.25) is 0 Å². The molecular formula is C26H25F4N5O4. The molecule has 13 heteroatoms. The molecule has 3 aromatic rings. The molecular weight excluding hydrogens is 522 g/mol. The fourth-order valence-electron chi connectivity index (χ4n) is 4.38. The van der Waals surface area contributed by atoms with E-state index in [0.29, 0.717) is 17.3 Å². The summed E-state index contributed by atoms with van der Waals surface area (Å²) in [4.78, 5) is 40.4. The fourth-order valence-corrected chi connectivity index (χ4v) is 4.38. The van der Waals surface area contributed by atoms with E-state index in [4.69, 9.17) is 4.74 Å². The van der Waals surface area contributed by atoms with Gasteiger partial charge >= 0.3 is 6.18 Å². The lowest BCUT2D eigenvalue weighted by atomic mass is 9.95. The number of alkyl halides is 3. The molecule has 1 aliphatic rings. The van der Waals surface area contributed by atoms with Crippen molar-refractivity contribution in [2.45, 2.75) is 24.7 Å². The Hall–Kier alpha value is -4.26. The van der Waals surface area contributed by atoms with Crippen LogP contribution in [0.4, 0.5) is 28.9 Å². The first kappa shape index (κ1) is 27.8. The minimum Gasteiger partial charge on any atom is -0.378 e. The quantitative estimate of drug-likeness (QED) is 0.440. The molecule has 0 saturated carbocycles. The molecule has 0 aliphatic carbocycles. The van der Waals surface area contributed by atoms with Gasteiger partial charge in [-0.25, -0.2) is 9.49 Å². The molecule has 1 aliphatic heterocycles. The number of benzene rings is 2. The highest BCUT2D eigenvalue weighted by Gasteiger charge is 2.45. The summed E-state index contributed by atoms with van der Waals surface area (Å²) in [6.45, 7) is 0.330. The van der Waals surface area contributed by atoms with E-state index < -0.39 is 40.5 Å². The van der Waals surface area contributed by atoms with E-state index >= 15 is 0 Å². The van der Waals surface area contributed by atoms with E-state index in [0.717, 1.165) is 18.2 Å². The summed E-state index contributed by atoms with van der Waals surface area (Å²) in [7, 11) is 2.99. The zero-order chi connectivity index (χ0) is 28.4. The summed E-state index contributed by atoms with van der Waals surface area (Å²) < 4.78 is 59.3. The van der Waals surface area contributed by atoms with Crippen LogP contribution in [-0.4, -0.2) is 59.8 Å². The molecule has 1 saturated heterocycles. The van der Waals surface area contributed by atoms with Crippen LogP contribution in [0.15, 0.2) is 59.5 Å². The first-order valence-corrected chi connectivity index (χ1v) is 11.8. The summed E-state index contributed by atoms with van der Waals surface area (Å²) in [5.41, 5.74) is -2.12. The number of ether oxygens (including phenoxy) is 1. The Kier molecular flexibility index (Phi) is 7.72. The van der Waals surface area contributed by atoms with Crippen molar-refractivity contribution in [1.29, 1.82) is 0 Å². The van der Waals surface area contributed by atoms with Gasteiger partial charge in [0.2, 0.25) is 0 Å². The molecule has 1 fully saturated rings. The van der Waals surface area contributed by atoms with Gasteiger partial charge in [0.15, 0.2) is 0 Å². The molecule has 9 nitrogen and oxygen atoms in total. The maximum atomic E-state index is 13.5. The van der Waals surface area contributed by atoms with Crippen LogP contribution in [0, 0.1) is 5.82 Å². The predicted octanol–water partition coefficient (Wildman–Crippen LogP) is 3.24. The molecule has 1 atom stereocenters. The average Bonchev–Trinajstić information content (AvgIpc) is 3.37. The lowest BCUT2D eigenvalue weighted by Crippen LogP contribution is -2.59. The number of carbonyl (C=O) groups excluding carboxylic acids is 2. The minimum absolute atomic E-state index is 0.00461. The monoisotopic (exact) mass is 547 g/mol. The third-order valence-electron chi connectivity index (χ3n) is 6.43. The highest BCUT2D eigenvalue weighted by atomic mass is 19.4. The van der Waals surface area contributed by atoms with Gasteiger partial charge in [-0.2, -0.15) is 18.3 Å². The van der Waals surface area contributed by atoms with Crippen molar-refractivity contribution in [3.8, 4) is 0 Å². The first-order chi connectivity index (χ1) is 18.4. The van der Waals surface area contributed by atoms with Crippen LogP contribution in [0.1, 0.15) is 27.9 Å². The van der Waals surface area contributed by atoms with Gasteiger partial charge in [-0.1, -0.05) is 12.1 Å². The van der Waals surface area contributed by atoms with Crippen molar-refractivity contribution in [2.24, 2.45) is 0 Å².